The minimum atomic E-state index is -0.375. The molecule has 0 aliphatic heterocycles. The molecule has 0 radical (unpaired) electrons. The number of unbranched alkanes of at least 4 members (excludes halogenated alkanes) is 2. The van der Waals surface area contributed by atoms with Gasteiger partial charge in [0.15, 0.2) is 0 Å². The Labute approximate surface area is 129 Å². The van der Waals surface area contributed by atoms with Crippen LogP contribution in [-0.2, 0) is 4.79 Å². The summed E-state index contributed by atoms with van der Waals surface area (Å²) >= 11 is 0. The Bertz CT molecular complexity index is 655. The number of hydrogen-bond acceptors (Lipinski definition) is 3. The van der Waals surface area contributed by atoms with Gasteiger partial charge >= 0.3 is 0 Å². The van der Waals surface area contributed by atoms with Crippen LogP contribution in [0, 0.1) is 0 Å². The third kappa shape index (κ3) is 4.56. The molecular formula is C17H20N2O3. The van der Waals surface area contributed by atoms with Crippen molar-refractivity contribution >= 4 is 22.6 Å². The largest absolute Gasteiger partial charge is 0.352 e. The molecular weight excluding hydrogens is 280 g/mol. The van der Waals surface area contributed by atoms with Crippen LogP contribution in [0.2, 0.25) is 0 Å². The normalized spacial score (nSPS) is 10.4. The zero-order valence-electron chi connectivity index (χ0n) is 12.3. The van der Waals surface area contributed by atoms with Gasteiger partial charge in [0.2, 0.25) is 5.91 Å². The van der Waals surface area contributed by atoms with Gasteiger partial charge in [0.25, 0.3) is 5.91 Å². The second-order valence-corrected chi connectivity index (χ2v) is 5.16. The van der Waals surface area contributed by atoms with Crippen LogP contribution in [0.1, 0.15) is 36.0 Å². The molecule has 0 atom stereocenters. The van der Waals surface area contributed by atoms with E-state index in [0.29, 0.717) is 24.9 Å². The molecule has 0 aliphatic carbocycles. The van der Waals surface area contributed by atoms with Crippen LogP contribution < -0.4 is 10.8 Å². The number of carbonyl (C=O) groups excluding carboxylic acids is 2. The Morgan fingerprint density at radius 1 is 0.955 bits per heavy atom. The molecule has 0 heterocycles. The van der Waals surface area contributed by atoms with Crippen LogP contribution in [0.3, 0.4) is 0 Å². The van der Waals surface area contributed by atoms with Crippen molar-refractivity contribution < 1.29 is 14.8 Å². The number of nitrogens with one attached hydrogen (secondary N) is 2. The topological polar surface area (TPSA) is 78.4 Å². The highest BCUT2D eigenvalue weighted by Crippen LogP contribution is 2.15. The lowest BCUT2D eigenvalue weighted by Crippen LogP contribution is -2.24. The number of rotatable bonds is 7. The Balaban J connectivity index is 1.75. The van der Waals surface area contributed by atoms with E-state index in [1.807, 2.05) is 42.5 Å². The maximum Gasteiger partial charge on any atom is 0.251 e. The zero-order chi connectivity index (χ0) is 15.8. The Kier molecular flexibility index (Phi) is 5.91. The van der Waals surface area contributed by atoms with Gasteiger partial charge in [-0.1, -0.05) is 36.8 Å². The van der Waals surface area contributed by atoms with Crippen molar-refractivity contribution in [2.45, 2.75) is 25.7 Å². The van der Waals surface area contributed by atoms with E-state index in [9.17, 15) is 9.59 Å². The number of fused-ring (bicyclic) bond motifs is 1. The molecule has 0 aliphatic rings. The SMILES string of the molecule is O=C(CCCCCNC(=O)c1ccc2ccccc2c1)NO. The quantitative estimate of drug-likeness (QED) is 0.418. The molecule has 22 heavy (non-hydrogen) atoms. The van der Waals surface area contributed by atoms with Crippen LogP contribution >= 0.6 is 0 Å². The van der Waals surface area contributed by atoms with E-state index in [4.69, 9.17) is 5.21 Å². The molecule has 0 unspecified atom stereocenters. The van der Waals surface area contributed by atoms with E-state index < -0.39 is 0 Å². The Morgan fingerprint density at radius 2 is 1.73 bits per heavy atom. The molecule has 5 nitrogen and oxygen atoms in total. The number of carbonyl (C=O) groups is 2. The maximum absolute atomic E-state index is 12.1. The minimum Gasteiger partial charge on any atom is -0.352 e. The van der Waals surface area contributed by atoms with Crippen molar-refractivity contribution in [2.24, 2.45) is 0 Å². The molecule has 0 spiro atoms. The molecule has 2 aromatic carbocycles. The Hall–Kier alpha value is -2.40. The van der Waals surface area contributed by atoms with Crippen LogP contribution in [-0.4, -0.2) is 23.6 Å². The van der Waals surface area contributed by atoms with Gasteiger partial charge in [-0.25, -0.2) is 5.48 Å². The highest BCUT2D eigenvalue weighted by Gasteiger charge is 2.05. The molecule has 5 heteroatoms. The van der Waals surface area contributed by atoms with Gasteiger partial charge < -0.3 is 5.32 Å². The average Bonchev–Trinajstić information content (AvgIpc) is 2.56. The summed E-state index contributed by atoms with van der Waals surface area (Å²) < 4.78 is 0. The van der Waals surface area contributed by atoms with Gasteiger partial charge in [-0.15, -0.1) is 0 Å². The Morgan fingerprint density at radius 3 is 2.50 bits per heavy atom. The van der Waals surface area contributed by atoms with Gasteiger partial charge in [-0.3, -0.25) is 14.8 Å². The first-order chi connectivity index (χ1) is 10.7. The summed E-state index contributed by atoms with van der Waals surface area (Å²) in [7, 11) is 0. The summed E-state index contributed by atoms with van der Waals surface area (Å²) in [5, 5.41) is 13.4. The molecule has 0 bridgehead atoms. The summed E-state index contributed by atoms with van der Waals surface area (Å²) in [6.45, 7) is 0.576. The van der Waals surface area contributed by atoms with Crippen LogP contribution in [0.4, 0.5) is 0 Å². The third-order valence-corrected chi connectivity index (χ3v) is 3.50. The van der Waals surface area contributed by atoms with E-state index in [2.05, 4.69) is 5.32 Å². The highest BCUT2D eigenvalue weighted by molar-refractivity contribution is 5.98. The first-order valence-electron chi connectivity index (χ1n) is 7.40. The third-order valence-electron chi connectivity index (χ3n) is 3.50. The second kappa shape index (κ2) is 8.14. The lowest BCUT2D eigenvalue weighted by molar-refractivity contribution is -0.129. The summed E-state index contributed by atoms with van der Waals surface area (Å²) in [5.41, 5.74) is 2.25. The first-order valence-corrected chi connectivity index (χ1v) is 7.40. The van der Waals surface area contributed by atoms with E-state index in [1.54, 1.807) is 5.48 Å². The molecule has 2 rings (SSSR count). The fraction of sp³-hybridized carbons (Fsp3) is 0.294. The van der Waals surface area contributed by atoms with Crippen LogP contribution in [0.15, 0.2) is 42.5 Å². The van der Waals surface area contributed by atoms with Gasteiger partial charge in [0.05, 0.1) is 0 Å². The lowest BCUT2D eigenvalue weighted by atomic mass is 10.1. The number of hydrogen-bond donors (Lipinski definition) is 3. The molecule has 0 saturated heterocycles. The predicted octanol–water partition coefficient (Wildman–Crippen LogP) is 2.64. The standard InChI is InChI=1S/C17H20N2O3/c20-16(19-22)8-2-1-5-11-18-17(21)15-10-9-13-6-3-4-7-14(13)12-15/h3-4,6-7,9-10,12,22H,1-2,5,8,11H2,(H,18,21)(H,19,20). The predicted molar refractivity (Wildman–Crippen MR) is 84.7 cm³/mol. The fourth-order valence-corrected chi connectivity index (χ4v) is 2.28. The summed E-state index contributed by atoms with van der Waals surface area (Å²) in [4.78, 5) is 22.9. The number of benzene rings is 2. The molecule has 2 aromatic rings. The minimum absolute atomic E-state index is 0.0844. The zero-order valence-corrected chi connectivity index (χ0v) is 12.3. The van der Waals surface area contributed by atoms with E-state index >= 15 is 0 Å². The van der Waals surface area contributed by atoms with Crippen molar-refractivity contribution in [2.75, 3.05) is 6.54 Å². The van der Waals surface area contributed by atoms with Gasteiger partial charge in [-0.2, -0.15) is 0 Å². The monoisotopic (exact) mass is 300 g/mol. The van der Waals surface area contributed by atoms with Gasteiger partial charge in [0, 0.05) is 18.5 Å². The smallest absolute Gasteiger partial charge is 0.251 e. The van der Waals surface area contributed by atoms with Crippen LogP contribution in [0.5, 0.6) is 0 Å². The van der Waals surface area contributed by atoms with Gasteiger partial charge in [-0.05, 0) is 35.7 Å². The molecule has 2 amide bonds. The maximum atomic E-state index is 12.1. The number of hydroxylamine groups is 1. The van der Waals surface area contributed by atoms with Gasteiger partial charge in [0.1, 0.15) is 0 Å². The summed E-state index contributed by atoms with van der Waals surface area (Å²) in [5.74, 6) is -0.459. The molecule has 0 fully saturated rings. The van der Waals surface area contributed by atoms with Crippen molar-refractivity contribution in [3.8, 4) is 0 Å². The highest BCUT2D eigenvalue weighted by atomic mass is 16.5. The second-order valence-electron chi connectivity index (χ2n) is 5.16. The fourth-order valence-electron chi connectivity index (χ4n) is 2.28. The molecule has 3 N–H and O–H groups in total. The molecule has 0 saturated carbocycles. The van der Waals surface area contributed by atoms with Crippen molar-refractivity contribution in [1.29, 1.82) is 0 Å². The van der Waals surface area contributed by atoms with E-state index in [0.717, 1.165) is 23.6 Å². The van der Waals surface area contributed by atoms with Crippen molar-refractivity contribution in [3.05, 3.63) is 48.0 Å². The molecule has 116 valence electrons. The van der Waals surface area contributed by atoms with E-state index in [1.165, 1.54) is 0 Å². The van der Waals surface area contributed by atoms with Crippen molar-refractivity contribution in [3.63, 3.8) is 0 Å². The van der Waals surface area contributed by atoms with E-state index in [-0.39, 0.29) is 11.8 Å². The average molecular weight is 300 g/mol. The summed E-state index contributed by atoms with van der Waals surface area (Å²) in [6.07, 6.45) is 2.62. The first kappa shape index (κ1) is 16.0. The van der Waals surface area contributed by atoms with Crippen LogP contribution in [0.25, 0.3) is 10.8 Å². The molecule has 0 aromatic heterocycles. The number of amides is 2. The summed E-state index contributed by atoms with van der Waals surface area (Å²) in [6, 6.07) is 13.6. The lowest BCUT2D eigenvalue weighted by Gasteiger charge is -2.06. The van der Waals surface area contributed by atoms with Crippen molar-refractivity contribution in [1.82, 2.24) is 10.8 Å².